The monoisotopic (exact) mass is 851 g/mol. The van der Waals surface area contributed by atoms with E-state index in [4.69, 9.17) is 9.05 Å². The first kappa shape index (κ1) is 57.5. The van der Waals surface area contributed by atoms with Gasteiger partial charge in [0.15, 0.2) is 0 Å². The molecule has 0 aliphatic heterocycles. The van der Waals surface area contributed by atoms with Crippen LogP contribution in [0.2, 0.25) is 0 Å². The van der Waals surface area contributed by atoms with Crippen LogP contribution in [0.3, 0.4) is 0 Å². The van der Waals surface area contributed by atoms with Gasteiger partial charge in [-0.05, 0) is 70.6 Å². The van der Waals surface area contributed by atoms with Crippen LogP contribution in [0, 0.1) is 0 Å². The third-order valence-electron chi connectivity index (χ3n) is 10.7. The number of rotatable bonds is 44. The van der Waals surface area contributed by atoms with Gasteiger partial charge < -0.3 is 28.8 Å². The van der Waals surface area contributed by atoms with Crippen LogP contribution in [0.15, 0.2) is 48.6 Å². The van der Waals surface area contributed by atoms with Crippen molar-refractivity contribution in [2.24, 2.45) is 0 Å². The van der Waals surface area contributed by atoms with Gasteiger partial charge in [0.25, 0.3) is 7.82 Å². The van der Waals surface area contributed by atoms with Gasteiger partial charge in [0.05, 0.1) is 39.9 Å². The van der Waals surface area contributed by atoms with E-state index in [1.165, 1.54) is 148 Å². The molecule has 0 heterocycles. The van der Waals surface area contributed by atoms with Crippen LogP contribution in [0.4, 0.5) is 0 Å². The van der Waals surface area contributed by atoms with Crippen LogP contribution < -0.4 is 10.2 Å². The molecular weight excluding hydrogens is 756 g/mol. The van der Waals surface area contributed by atoms with Gasteiger partial charge in [-0.25, -0.2) is 0 Å². The van der Waals surface area contributed by atoms with Crippen molar-refractivity contribution in [2.45, 2.75) is 225 Å². The molecule has 2 N–H and O–H groups in total. The Morgan fingerprint density at radius 1 is 0.576 bits per heavy atom. The number of hydrogen-bond donors (Lipinski definition) is 2. The Balaban J connectivity index is 4.44. The van der Waals surface area contributed by atoms with Crippen LogP contribution in [-0.4, -0.2) is 68.5 Å². The number of allylic oxidation sites excluding steroid dienone is 7. The van der Waals surface area contributed by atoms with E-state index in [1.807, 2.05) is 27.2 Å². The fourth-order valence-corrected chi connectivity index (χ4v) is 7.55. The molecule has 0 radical (unpaired) electrons. The zero-order valence-corrected chi connectivity index (χ0v) is 40.1. The second-order valence-corrected chi connectivity index (χ2v) is 19.2. The van der Waals surface area contributed by atoms with Gasteiger partial charge >= 0.3 is 0 Å². The standard InChI is InChI=1S/C50H95N2O6P/c1-6-8-10-12-14-16-18-20-22-24-26-27-29-31-33-35-37-39-41-43-49(53)48(47-58-59(55,56)57-46-45-52(3,4)5)51-50(54)44-42-40-38-36-34-32-30-28-25-23-21-19-17-15-13-11-9-7-2/h23,25-27,33,35,41,43,48-49,53H,6-22,24,28-32,34,36-40,42,44-47H2,1-5H3,(H-,51,54,55,56)/b25-23-,27-26+,35-33+,43-41+. The van der Waals surface area contributed by atoms with E-state index in [2.05, 4.69) is 55.6 Å². The number of amides is 1. The van der Waals surface area contributed by atoms with E-state index in [-0.39, 0.29) is 12.5 Å². The summed E-state index contributed by atoms with van der Waals surface area (Å²) in [6.45, 7) is 4.61. The second kappa shape index (κ2) is 41.8. The molecule has 0 bridgehead atoms. The fraction of sp³-hybridized carbons (Fsp3) is 0.820. The van der Waals surface area contributed by atoms with Crippen molar-refractivity contribution in [3.63, 3.8) is 0 Å². The molecule has 0 aliphatic rings. The number of hydrogen-bond acceptors (Lipinski definition) is 6. The smallest absolute Gasteiger partial charge is 0.268 e. The molecule has 0 aliphatic carbocycles. The van der Waals surface area contributed by atoms with E-state index in [0.717, 1.165) is 44.9 Å². The van der Waals surface area contributed by atoms with Crippen LogP contribution >= 0.6 is 7.82 Å². The lowest BCUT2D eigenvalue weighted by Crippen LogP contribution is -2.45. The lowest BCUT2D eigenvalue weighted by atomic mass is 10.1. The molecule has 346 valence electrons. The second-order valence-electron chi connectivity index (χ2n) is 17.8. The summed E-state index contributed by atoms with van der Waals surface area (Å²) >= 11 is 0. The number of phosphoric acid groups is 1. The average Bonchev–Trinajstić information content (AvgIpc) is 3.19. The molecular formula is C50H95N2O6P. The van der Waals surface area contributed by atoms with Crippen molar-refractivity contribution in [3.8, 4) is 0 Å². The molecule has 0 spiro atoms. The number of quaternary nitrogens is 1. The van der Waals surface area contributed by atoms with E-state index < -0.39 is 26.6 Å². The van der Waals surface area contributed by atoms with Crippen molar-refractivity contribution < 1.29 is 32.9 Å². The maximum Gasteiger partial charge on any atom is 0.268 e. The fourth-order valence-electron chi connectivity index (χ4n) is 6.83. The van der Waals surface area contributed by atoms with Gasteiger partial charge in [-0.3, -0.25) is 9.36 Å². The predicted molar refractivity (Wildman–Crippen MR) is 251 cm³/mol. The van der Waals surface area contributed by atoms with Crippen molar-refractivity contribution in [2.75, 3.05) is 40.9 Å². The summed E-state index contributed by atoms with van der Waals surface area (Å²) in [5.74, 6) is -0.217. The predicted octanol–water partition coefficient (Wildman–Crippen LogP) is 13.4. The minimum Gasteiger partial charge on any atom is -0.756 e. The van der Waals surface area contributed by atoms with Gasteiger partial charge in [0.1, 0.15) is 13.2 Å². The Morgan fingerprint density at radius 2 is 0.949 bits per heavy atom. The summed E-state index contributed by atoms with van der Waals surface area (Å²) in [5.41, 5.74) is 0. The number of likely N-dealkylation sites (N-methyl/N-ethyl adjacent to an activating group) is 1. The van der Waals surface area contributed by atoms with Gasteiger partial charge in [-0.2, -0.15) is 0 Å². The van der Waals surface area contributed by atoms with E-state index >= 15 is 0 Å². The highest BCUT2D eigenvalue weighted by molar-refractivity contribution is 7.45. The van der Waals surface area contributed by atoms with Crippen LogP contribution in [0.1, 0.15) is 213 Å². The highest BCUT2D eigenvalue weighted by atomic mass is 31.2. The first-order chi connectivity index (χ1) is 28.5. The Morgan fingerprint density at radius 3 is 1.37 bits per heavy atom. The van der Waals surface area contributed by atoms with E-state index in [1.54, 1.807) is 6.08 Å². The summed E-state index contributed by atoms with van der Waals surface area (Å²) in [7, 11) is 1.23. The van der Waals surface area contributed by atoms with Gasteiger partial charge in [0.2, 0.25) is 5.91 Å². The number of phosphoric ester groups is 1. The first-order valence-corrected chi connectivity index (χ1v) is 26.0. The minimum atomic E-state index is -4.60. The molecule has 3 atom stereocenters. The molecule has 1 amide bonds. The van der Waals surface area contributed by atoms with Crippen molar-refractivity contribution >= 4 is 13.7 Å². The van der Waals surface area contributed by atoms with Crippen LogP contribution in [-0.2, 0) is 18.4 Å². The quantitative estimate of drug-likeness (QED) is 0.0274. The molecule has 0 aromatic carbocycles. The SMILES string of the molecule is CCCCCCCCC/C=C\CCCCCCCCCC(=O)NC(COP(=O)([O-])OCC[N+](C)(C)C)C(O)/C=C/CC/C=C/CC/C=C/CCCCCCCCCCC. The number of aliphatic hydroxyl groups excluding tert-OH is 1. The summed E-state index contributed by atoms with van der Waals surface area (Å²) in [4.78, 5) is 25.4. The van der Waals surface area contributed by atoms with Crippen molar-refractivity contribution in [1.29, 1.82) is 0 Å². The molecule has 0 saturated heterocycles. The molecule has 59 heavy (non-hydrogen) atoms. The lowest BCUT2D eigenvalue weighted by molar-refractivity contribution is -0.870. The molecule has 3 unspecified atom stereocenters. The Bertz CT molecular complexity index is 1100. The first-order valence-electron chi connectivity index (χ1n) is 24.5. The maximum absolute atomic E-state index is 12.9. The van der Waals surface area contributed by atoms with Crippen molar-refractivity contribution in [3.05, 3.63) is 48.6 Å². The highest BCUT2D eigenvalue weighted by Crippen LogP contribution is 2.38. The van der Waals surface area contributed by atoms with E-state index in [0.29, 0.717) is 17.4 Å². The van der Waals surface area contributed by atoms with E-state index in [9.17, 15) is 19.4 Å². The number of aliphatic hydroxyl groups is 1. The Hall–Kier alpha value is -1.54. The third kappa shape index (κ3) is 44.3. The molecule has 0 aromatic heterocycles. The number of carbonyl (C=O) groups excluding carboxylic acids is 1. The van der Waals surface area contributed by atoms with Gasteiger partial charge in [-0.1, -0.05) is 184 Å². The molecule has 9 heteroatoms. The largest absolute Gasteiger partial charge is 0.756 e. The number of carbonyl (C=O) groups is 1. The zero-order chi connectivity index (χ0) is 43.6. The minimum absolute atomic E-state index is 0.0106. The lowest BCUT2D eigenvalue weighted by Gasteiger charge is -2.29. The summed E-state index contributed by atoms with van der Waals surface area (Å²) in [6.07, 6.45) is 53.1. The third-order valence-corrected chi connectivity index (χ3v) is 11.7. The Kier molecular flexibility index (Phi) is 40.7. The molecule has 0 fully saturated rings. The maximum atomic E-state index is 12.9. The zero-order valence-electron chi connectivity index (χ0n) is 39.2. The van der Waals surface area contributed by atoms with Crippen LogP contribution in [0.5, 0.6) is 0 Å². The number of unbranched alkanes of at least 4 members (excludes halogenated alkanes) is 25. The molecule has 8 nitrogen and oxygen atoms in total. The molecule has 0 saturated carbocycles. The number of nitrogens with zero attached hydrogens (tertiary/aromatic N) is 1. The van der Waals surface area contributed by atoms with Crippen LogP contribution in [0.25, 0.3) is 0 Å². The average molecular weight is 851 g/mol. The Labute approximate surface area is 365 Å². The van der Waals surface area contributed by atoms with Gasteiger partial charge in [0, 0.05) is 6.42 Å². The molecule has 0 aromatic rings. The summed E-state index contributed by atoms with van der Waals surface area (Å²) in [5, 5.41) is 13.8. The summed E-state index contributed by atoms with van der Waals surface area (Å²) in [6, 6.07) is -0.912. The topological polar surface area (TPSA) is 108 Å². The summed E-state index contributed by atoms with van der Waals surface area (Å²) < 4.78 is 23.2. The van der Waals surface area contributed by atoms with Gasteiger partial charge in [-0.15, -0.1) is 0 Å². The normalized spacial score (nSPS) is 14.6. The number of nitrogens with one attached hydrogen (secondary N) is 1. The van der Waals surface area contributed by atoms with Crippen molar-refractivity contribution in [1.82, 2.24) is 5.32 Å². The molecule has 0 rings (SSSR count). The highest BCUT2D eigenvalue weighted by Gasteiger charge is 2.23.